The maximum Gasteiger partial charge on any atom is 0.244 e. The highest BCUT2D eigenvalue weighted by Crippen LogP contribution is 2.34. The van der Waals surface area contributed by atoms with Crippen LogP contribution in [0.1, 0.15) is 25.8 Å². The second kappa shape index (κ2) is 12.0. The molecule has 0 unspecified atom stereocenters. The van der Waals surface area contributed by atoms with Crippen molar-refractivity contribution in [3.63, 3.8) is 0 Å². The SMILES string of the molecule is CCCNC(=O)[C@H](C)N(Cc1ccc(OC)cc1)C(=O)CN(c1ccc2c(c1)OCCO2)S(C)(=O)=O. The molecule has 0 bridgehead atoms. The Balaban J connectivity index is 1.89. The Morgan fingerprint density at radius 3 is 2.36 bits per heavy atom. The molecule has 2 amide bonds. The third kappa shape index (κ3) is 6.81. The second-order valence-electron chi connectivity index (χ2n) is 8.43. The van der Waals surface area contributed by atoms with Gasteiger partial charge in [0.05, 0.1) is 19.1 Å². The summed E-state index contributed by atoms with van der Waals surface area (Å²) in [5.74, 6) is 0.732. The lowest BCUT2D eigenvalue weighted by Crippen LogP contribution is -2.51. The molecule has 0 radical (unpaired) electrons. The lowest BCUT2D eigenvalue weighted by Gasteiger charge is -2.31. The average molecular weight is 520 g/mol. The van der Waals surface area contributed by atoms with Crippen molar-refractivity contribution in [1.29, 1.82) is 0 Å². The summed E-state index contributed by atoms with van der Waals surface area (Å²) in [6, 6.07) is 11.0. The number of ether oxygens (including phenoxy) is 3. The van der Waals surface area contributed by atoms with E-state index < -0.39 is 28.5 Å². The second-order valence-corrected chi connectivity index (χ2v) is 10.3. The van der Waals surface area contributed by atoms with E-state index in [1.807, 2.05) is 6.92 Å². The first-order chi connectivity index (χ1) is 17.1. The lowest BCUT2D eigenvalue weighted by atomic mass is 10.1. The largest absolute Gasteiger partial charge is 0.497 e. The molecule has 0 spiro atoms. The van der Waals surface area contributed by atoms with E-state index in [0.29, 0.717) is 37.0 Å². The number of benzene rings is 2. The molecule has 196 valence electrons. The molecular formula is C25H33N3O7S. The molecule has 1 atom stereocenters. The van der Waals surface area contributed by atoms with Gasteiger partial charge < -0.3 is 24.4 Å². The van der Waals surface area contributed by atoms with Crippen molar-refractivity contribution in [3.05, 3.63) is 48.0 Å². The lowest BCUT2D eigenvalue weighted by molar-refractivity contribution is -0.139. The van der Waals surface area contributed by atoms with Gasteiger partial charge in [0.1, 0.15) is 31.5 Å². The molecule has 1 N–H and O–H groups in total. The van der Waals surface area contributed by atoms with E-state index in [4.69, 9.17) is 14.2 Å². The van der Waals surface area contributed by atoms with Crippen molar-refractivity contribution >= 4 is 27.5 Å². The molecule has 0 saturated heterocycles. The first-order valence-corrected chi connectivity index (χ1v) is 13.6. The summed E-state index contributed by atoms with van der Waals surface area (Å²) < 4.78 is 42.7. The van der Waals surface area contributed by atoms with Crippen molar-refractivity contribution in [2.45, 2.75) is 32.9 Å². The summed E-state index contributed by atoms with van der Waals surface area (Å²) in [5, 5.41) is 2.81. The van der Waals surface area contributed by atoms with E-state index in [1.54, 1.807) is 50.4 Å². The minimum atomic E-state index is -3.84. The van der Waals surface area contributed by atoms with Gasteiger partial charge in [-0.1, -0.05) is 19.1 Å². The molecule has 0 aromatic heterocycles. The Morgan fingerprint density at radius 2 is 1.75 bits per heavy atom. The van der Waals surface area contributed by atoms with Crippen molar-refractivity contribution in [3.8, 4) is 17.2 Å². The van der Waals surface area contributed by atoms with Crippen LogP contribution in [0.4, 0.5) is 5.69 Å². The fourth-order valence-electron chi connectivity index (χ4n) is 3.71. The van der Waals surface area contributed by atoms with Gasteiger partial charge in [-0.25, -0.2) is 8.42 Å². The quantitative estimate of drug-likeness (QED) is 0.484. The van der Waals surface area contributed by atoms with Crippen LogP contribution in [0.5, 0.6) is 17.2 Å². The maximum atomic E-state index is 13.6. The fourth-order valence-corrected chi connectivity index (χ4v) is 4.55. The van der Waals surface area contributed by atoms with Crippen molar-refractivity contribution in [1.82, 2.24) is 10.2 Å². The summed E-state index contributed by atoms with van der Waals surface area (Å²) in [6.45, 7) is 4.40. The predicted molar refractivity (Wildman–Crippen MR) is 136 cm³/mol. The molecule has 0 saturated carbocycles. The Bertz CT molecular complexity index is 1170. The molecule has 1 aliphatic rings. The van der Waals surface area contributed by atoms with Gasteiger partial charge >= 0.3 is 0 Å². The highest BCUT2D eigenvalue weighted by atomic mass is 32.2. The third-order valence-corrected chi connectivity index (χ3v) is 6.86. The van der Waals surface area contributed by atoms with Gasteiger partial charge in [-0.15, -0.1) is 0 Å². The number of amides is 2. The summed E-state index contributed by atoms with van der Waals surface area (Å²) in [6.07, 6.45) is 1.78. The van der Waals surface area contributed by atoms with Gasteiger partial charge in [-0.2, -0.15) is 0 Å². The Kier molecular flexibility index (Phi) is 9.03. The van der Waals surface area contributed by atoms with Gasteiger partial charge in [0.15, 0.2) is 11.5 Å². The first-order valence-electron chi connectivity index (χ1n) is 11.7. The van der Waals surface area contributed by atoms with E-state index in [2.05, 4.69) is 5.32 Å². The van der Waals surface area contributed by atoms with Crippen molar-refractivity contribution < 1.29 is 32.2 Å². The number of nitrogens with zero attached hydrogens (tertiary/aromatic N) is 2. The van der Waals surface area contributed by atoms with Gasteiger partial charge in [0.25, 0.3) is 0 Å². The summed E-state index contributed by atoms with van der Waals surface area (Å²) in [5.41, 5.74) is 1.03. The molecule has 1 aliphatic heterocycles. The third-order valence-electron chi connectivity index (χ3n) is 5.72. The number of hydrogen-bond acceptors (Lipinski definition) is 7. The number of methoxy groups -OCH3 is 1. The van der Waals surface area contributed by atoms with Crippen molar-refractivity contribution in [2.24, 2.45) is 0 Å². The van der Waals surface area contributed by atoms with Crippen LogP contribution in [0.15, 0.2) is 42.5 Å². The number of hydrogen-bond donors (Lipinski definition) is 1. The van der Waals surface area contributed by atoms with E-state index in [-0.39, 0.29) is 18.1 Å². The molecule has 1 heterocycles. The van der Waals surface area contributed by atoms with E-state index in [0.717, 1.165) is 22.5 Å². The number of sulfonamides is 1. The van der Waals surface area contributed by atoms with Crippen LogP contribution >= 0.6 is 0 Å². The first kappa shape index (κ1) is 27.1. The average Bonchev–Trinajstić information content (AvgIpc) is 2.87. The minimum absolute atomic E-state index is 0.113. The molecule has 10 nitrogen and oxygen atoms in total. The van der Waals surface area contributed by atoms with Crippen LogP contribution in [-0.2, 0) is 26.2 Å². The van der Waals surface area contributed by atoms with Crippen LogP contribution in [0.25, 0.3) is 0 Å². The standard InChI is InChI=1S/C25H33N3O7S/c1-5-12-26-25(30)18(2)27(16-19-6-9-21(33-3)10-7-19)24(29)17-28(36(4,31)32)20-8-11-22-23(15-20)35-14-13-34-22/h6-11,15,18H,5,12-14,16-17H2,1-4H3,(H,26,30)/t18-/m0/s1. The zero-order valence-corrected chi connectivity index (χ0v) is 21.8. The highest BCUT2D eigenvalue weighted by molar-refractivity contribution is 7.92. The van der Waals surface area contributed by atoms with Crippen LogP contribution in [0, 0.1) is 0 Å². The number of rotatable bonds is 11. The Labute approximate surface area is 212 Å². The number of fused-ring (bicyclic) bond motifs is 1. The molecular weight excluding hydrogens is 486 g/mol. The molecule has 11 heteroatoms. The van der Waals surface area contributed by atoms with Gasteiger partial charge in [0.2, 0.25) is 21.8 Å². The summed E-state index contributed by atoms with van der Waals surface area (Å²) >= 11 is 0. The Morgan fingerprint density at radius 1 is 1.08 bits per heavy atom. The van der Waals surface area contributed by atoms with E-state index in [9.17, 15) is 18.0 Å². The summed E-state index contributed by atoms with van der Waals surface area (Å²) in [7, 11) is -2.28. The molecule has 36 heavy (non-hydrogen) atoms. The van der Waals surface area contributed by atoms with Crippen LogP contribution in [0.2, 0.25) is 0 Å². The maximum absolute atomic E-state index is 13.6. The van der Waals surface area contributed by atoms with Gasteiger partial charge in [0, 0.05) is 19.2 Å². The number of carbonyl (C=O) groups excluding carboxylic acids is 2. The topological polar surface area (TPSA) is 114 Å². The summed E-state index contributed by atoms with van der Waals surface area (Å²) in [4.78, 5) is 27.7. The van der Waals surface area contributed by atoms with Crippen LogP contribution in [0.3, 0.4) is 0 Å². The smallest absolute Gasteiger partial charge is 0.244 e. The van der Waals surface area contributed by atoms with Gasteiger partial charge in [-0.05, 0) is 43.2 Å². The number of carbonyl (C=O) groups is 2. The molecule has 2 aromatic rings. The molecule has 0 fully saturated rings. The highest BCUT2D eigenvalue weighted by Gasteiger charge is 2.30. The predicted octanol–water partition coefficient (Wildman–Crippen LogP) is 2.18. The zero-order chi connectivity index (χ0) is 26.3. The minimum Gasteiger partial charge on any atom is -0.497 e. The van der Waals surface area contributed by atoms with Crippen LogP contribution in [-0.4, -0.2) is 70.8 Å². The molecule has 0 aliphatic carbocycles. The van der Waals surface area contributed by atoms with E-state index in [1.165, 1.54) is 11.0 Å². The van der Waals surface area contributed by atoms with Gasteiger partial charge in [-0.3, -0.25) is 13.9 Å². The number of anilines is 1. The number of nitrogens with one attached hydrogen (secondary N) is 1. The fraction of sp³-hybridized carbons (Fsp3) is 0.440. The van der Waals surface area contributed by atoms with Crippen LogP contribution < -0.4 is 23.8 Å². The van der Waals surface area contributed by atoms with E-state index >= 15 is 0 Å². The molecule has 3 rings (SSSR count). The molecule has 2 aromatic carbocycles. The Hall–Kier alpha value is -3.47. The van der Waals surface area contributed by atoms with Crippen molar-refractivity contribution in [2.75, 3.05) is 44.0 Å². The monoisotopic (exact) mass is 519 g/mol. The zero-order valence-electron chi connectivity index (χ0n) is 21.0. The normalized spacial score (nSPS) is 13.4.